The average molecular weight is 215 g/mol. The van der Waals surface area contributed by atoms with Gasteiger partial charge in [-0.05, 0) is 56.1 Å². The summed E-state index contributed by atoms with van der Waals surface area (Å²) in [4.78, 5) is 0. The van der Waals surface area contributed by atoms with Crippen LogP contribution in [0.5, 0.6) is 0 Å². The van der Waals surface area contributed by atoms with E-state index >= 15 is 0 Å². The second kappa shape index (κ2) is 6.02. The minimum atomic E-state index is 0.641. The van der Waals surface area contributed by atoms with E-state index in [-0.39, 0.29) is 0 Å². The van der Waals surface area contributed by atoms with E-state index in [2.05, 4.69) is 38.0 Å². The number of hydrogen-bond donors (Lipinski definition) is 1. The molecule has 84 valence electrons. The summed E-state index contributed by atoms with van der Waals surface area (Å²) in [6.07, 6.45) is 7.03. The molecule has 0 aromatic rings. The van der Waals surface area contributed by atoms with Crippen LogP contribution in [0.2, 0.25) is 0 Å². The highest BCUT2D eigenvalue weighted by molar-refractivity contribution is 7.99. The summed E-state index contributed by atoms with van der Waals surface area (Å²) in [6, 6.07) is 0.791. The Hall–Kier alpha value is 0.310. The van der Waals surface area contributed by atoms with E-state index in [1.54, 1.807) is 0 Å². The Balaban J connectivity index is 2.16. The van der Waals surface area contributed by atoms with Crippen molar-refractivity contribution in [3.8, 4) is 0 Å². The fraction of sp³-hybridized carbons (Fsp3) is 1.00. The van der Waals surface area contributed by atoms with Gasteiger partial charge in [-0.1, -0.05) is 13.8 Å². The largest absolute Gasteiger partial charge is 0.317 e. The molecule has 2 unspecified atom stereocenters. The molecule has 0 spiro atoms. The van der Waals surface area contributed by atoms with Gasteiger partial charge in [-0.2, -0.15) is 11.8 Å². The van der Waals surface area contributed by atoms with Gasteiger partial charge in [0.15, 0.2) is 0 Å². The summed E-state index contributed by atoms with van der Waals surface area (Å²) < 4.78 is 0. The first-order valence-corrected chi connectivity index (χ1v) is 7.10. The molecule has 0 radical (unpaired) electrons. The molecular formula is C12H25NS. The van der Waals surface area contributed by atoms with Gasteiger partial charge in [0.05, 0.1) is 0 Å². The van der Waals surface area contributed by atoms with Gasteiger partial charge < -0.3 is 5.32 Å². The molecule has 14 heavy (non-hydrogen) atoms. The Morgan fingerprint density at radius 2 is 2.29 bits per heavy atom. The Bertz CT molecular complexity index is 160. The second-order valence-corrected chi connectivity index (χ2v) is 6.23. The molecule has 0 aromatic carbocycles. The molecule has 0 bridgehead atoms. The Kier molecular flexibility index (Phi) is 5.32. The lowest BCUT2D eigenvalue weighted by Crippen LogP contribution is -2.23. The molecule has 1 fully saturated rings. The van der Waals surface area contributed by atoms with Crippen molar-refractivity contribution in [2.75, 3.05) is 18.6 Å². The van der Waals surface area contributed by atoms with Crippen molar-refractivity contribution in [3.05, 3.63) is 0 Å². The normalized spacial score (nSPS) is 32.4. The second-order valence-electron chi connectivity index (χ2n) is 4.84. The van der Waals surface area contributed by atoms with Crippen LogP contribution in [0.15, 0.2) is 0 Å². The summed E-state index contributed by atoms with van der Waals surface area (Å²) >= 11 is 2.08. The SMILES string of the molecule is CCSCCCC1(C)CCC(NC)C1. The van der Waals surface area contributed by atoms with E-state index < -0.39 is 0 Å². The molecule has 2 atom stereocenters. The number of thioether (sulfide) groups is 1. The van der Waals surface area contributed by atoms with Gasteiger partial charge >= 0.3 is 0 Å². The maximum Gasteiger partial charge on any atom is 0.00694 e. The van der Waals surface area contributed by atoms with Crippen LogP contribution >= 0.6 is 11.8 Å². The average Bonchev–Trinajstić information content (AvgIpc) is 2.56. The molecule has 1 aliphatic rings. The predicted octanol–water partition coefficient (Wildman–Crippen LogP) is 3.30. The summed E-state index contributed by atoms with van der Waals surface area (Å²) in [5.74, 6) is 2.63. The lowest BCUT2D eigenvalue weighted by Gasteiger charge is -2.23. The summed E-state index contributed by atoms with van der Waals surface area (Å²) in [7, 11) is 2.10. The maximum absolute atomic E-state index is 3.42. The van der Waals surface area contributed by atoms with Crippen LogP contribution < -0.4 is 5.32 Å². The van der Waals surface area contributed by atoms with Gasteiger partial charge in [-0.15, -0.1) is 0 Å². The molecule has 2 heteroatoms. The van der Waals surface area contributed by atoms with Gasteiger partial charge in [-0.25, -0.2) is 0 Å². The molecule has 0 amide bonds. The van der Waals surface area contributed by atoms with E-state index in [4.69, 9.17) is 0 Å². The maximum atomic E-state index is 3.42. The van der Waals surface area contributed by atoms with Crippen LogP contribution in [-0.4, -0.2) is 24.6 Å². The van der Waals surface area contributed by atoms with E-state index in [0.717, 1.165) is 6.04 Å². The predicted molar refractivity (Wildman–Crippen MR) is 67.0 cm³/mol. The molecule has 1 rings (SSSR count). The first-order chi connectivity index (χ1) is 6.70. The molecule has 0 aliphatic heterocycles. The van der Waals surface area contributed by atoms with Gasteiger partial charge in [0.1, 0.15) is 0 Å². The monoisotopic (exact) mass is 215 g/mol. The molecular weight excluding hydrogens is 190 g/mol. The number of nitrogens with one attached hydrogen (secondary N) is 1. The lowest BCUT2D eigenvalue weighted by molar-refractivity contribution is 0.297. The quantitative estimate of drug-likeness (QED) is 0.682. The third-order valence-electron chi connectivity index (χ3n) is 3.52. The Morgan fingerprint density at radius 3 is 2.86 bits per heavy atom. The van der Waals surface area contributed by atoms with Crippen molar-refractivity contribution in [1.29, 1.82) is 0 Å². The van der Waals surface area contributed by atoms with Gasteiger partial charge in [-0.3, -0.25) is 0 Å². The van der Waals surface area contributed by atoms with E-state index in [1.807, 2.05) is 0 Å². The van der Waals surface area contributed by atoms with Crippen molar-refractivity contribution in [1.82, 2.24) is 5.32 Å². The minimum absolute atomic E-state index is 0.641. The van der Waals surface area contributed by atoms with Crippen LogP contribution in [0.3, 0.4) is 0 Å². The molecule has 1 nitrogen and oxygen atoms in total. The molecule has 0 heterocycles. The van der Waals surface area contributed by atoms with E-state index in [0.29, 0.717) is 5.41 Å². The Morgan fingerprint density at radius 1 is 1.50 bits per heavy atom. The van der Waals surface area contributed by atoms with Crippen LogP contribution in [-0.2, 0) is 0 Å². The van der Waals surface area contributed by atoms with Crippen LogP contribution in [0, 0.1) is 5.41 Å². The van der Waals surface area contributed by atoms with Crippen molar-refractivity contribution in [2.24, 2.45) is 5.41 Å². The van der Waals surface area contributed by atoms with Gasteiger partial charge in [0, 0.05) is 6.04 Å². The fourth-order valence-electron chi connectivity index (χ4n) is 2.54. The smallest absolute Gasteiger partial charge is 0.00694 e. The molecule has 1 aliphatic carbocycles. The molecule has 1 N–H and O–H groups in total. The minimum Gasteiger partial charge on any atom is -0.317 e. The van der Waals surface area contributed by atoms with Gasteiger partial charge in [0.25, 0.3) is 0 Å². The molecule has 0 aromatic heterocycles. The topological polar surface area (TPSA) is 12.0 Å². The lowest BCUT2D eigenvalue weighted by atomic mass is 9.84. The number of rotatable bonds is 6. The van der Waals surface area contributed by atoms with Crippen LogP contribution in [0.4, 0.5) is 0 Å². The van der Waals surface area contributed by atoms with E-state index in [9.17, 15) is 0 Å². The number of hydrogen-bond acceptors (Lipinski definition) is 2. The first-order valence-electron chi connectivity index (χ1n) is 5.95. The van der Waals surface area contributed by atoms with Crippen LogP contribution in [0.1, 0.15) is 46.0 Å². The van der Waals surface area contributed by atoms with Crippen molar-refractivity contribution in [2.45, 2.75) is 52.0 Å². The van der Waals surface area contributed by atoms with Crippen molar-refractivity contribution >= 4 is 11.8 Å². The zero-order valence-corrected chi connectivity index (χ0v) is 10.8. The molecule has 1 saturated carbocycles. The standard InChI is InChI=1S/C12H25NS/c1-4-14-9-5-7-12(2)8-6-11(10-12)13-3/h11,13H,4-10H2,1-3H3. The highest BCUT2D eigenvalue weighted by atomic mass is 32.2. The highest BCUT2D eigenvalue weighted by Crippen LogP contribution is 2.41. The van der Waals surface area contributed by atoms with Gasteiger partial charge in [0.2, 0.25) is 0 Å². The van der Waals surface area contributed by atoms with E-state index in [1.165, 1.54) is 43.6 Å². The summed E-state index contributed by atoms with van der Waals surface area (Å²) in [5.41, 5.74) is 0.641. The van der Waals surface area contributed by atoms with Crippen LogP contribution in [0.25, 0.3) is 0 Å². The zero-order valence-electron chi connectivity index (χ0n) is 9.94. The Labute approximate surface area is 93.4 Å². The third kappa shape index (κ3) is 3.82. The highest BCUT2D eigenvalue weighted by Gasteiger charge is 2.33. The third-order valence-corrected chi connectivity index (χ3v) is 4.50. The first kappa shape index (κ1) is 12.4. The van der Waals surface area contributed by atoms with Crippen molar-refractivity contribution < 1.29 is 0 Å². The zero-order chi connectivity index (χ0) is 10.4. The van der Waals surface area contributed by atoms with Crippen molar-refractivity contribution in [3.63, 3.8) is 0 Å². The summed E-state index contributed by atoms with van der Waals surface area (Å²) in [6.45, 7) is 4.72. The molecule has 0 saturated heterocycles. The summed E-state index contributed by atoms with van der Waals surface area (Å²) in [5, 5.41) is 3.42. The fourth-order valence-corrected chi connectivity index (χ4v) is 3.18.